The fourth-order valence-electron chi connectivity index (χ4n) is 4.15. The van der Waals surface area contributed by atoms with E-state index in [1.54, 1.807) is 32.3 Å². The molecule has 2 aliphatic heterocycles. The Morgan fingerprint density at radius 1 is 1.03 bits per heavy atom. The van der Waals surface area contributed by atoms with E-state index in [9.17, 15) is 13.2 Å². The summed E-state index contributed by atoms with van der Waals surface area (Å²) in [5, 5.41) is 3.76. The summed E-state index contributed by atoms with van der Waals surface area (Å²) >= 11 is 0. The molecule has 2 aliphatic rings. The lowest BCUT2D eigenvalue weighted by Gasteiger charge is -2.38. The van der Waals surface area contributed by atoms with E-state index in [0.29, 0.717) is 69.5 Å². The molecule has 0 aliphatic carbocycles. The number of carbonyl (C=O) groups excluding carboxylic acids is 1. The Morgan fingerprint density at radius 3 is 2.23 bits per heavy atom. The number of hydrogen-bond acceptors (Lipinski definition) is 8. The lowest BCUT2D eigenvalue weighted by atomic mass is 9.96. The van der Waals surface area contributed by atoms with Gasteiger partial charge >= 0.3 is 0 Å². The SMILES string of the molecule is Cc1noc(C)c1S(=O)(=O)N1CCC(C(=O)N2CCN(c3ncccn3)CC2)CC1. The van der Waals surface area contributed by atoms with Crippen molar-refractivity contribution in [2.24, 2.45) is 5.92 Å². The van der Waals surface area contributed by atoms with Crippen LogP contribution < -0.4 is 4.90 Å². The Bertz CT molecular complexity index is 974. The Labute approximate surface area is 175 Å². The summed E-state index contributed by atoms with van der Waals surface area (Å²) < 4.78 is 32.4. The van der Waals surface area contributed by atoms with E-state index in [-0.39, 0.29) is 16.7 Å². The van der Waals surface area contributed by atoms with Crippen LogP contribution in [0.3, 0.4) is 0 Å². The van der Waals surface area contributed by atoms with Crippen LogP contribution >= 0.6 is 0 Å². The molecule has 2 aromatic rings. The molecule has 0 atom stereocenters. The molecule has 0 aromatic carbocycles. The van der Waals surface area contributed by atoms with Crippen LogP contribution in [0, 0.1) is 19.8 Å². The number of carbonyl (C=O) groups is 1. The quantitative estimate of drug-likeness (QED) is 0.695. The van der Waals surface area contributed by atoms with Gasteiger partial charge in [0.2, 0.25) is 21.9 Å². The number of aromatic nitrogens is 3. The monoisotopic (exact) mass is 434 g/mol. The van der Waals surface area contributed by atoms with Gasteiger partial charge in [-0.15, -0.1) is 0 Å². The first-order valence-electron chi connectivity index (χ1n) is 10.1. The molecule has 0 bridgehead atoms. The van der Waals surface area contributed by atoms with E-state index in [2.05, 4.69) is 20.0 Å². The van der Waals surface area contributed by atoms with Gasteiger partial charge in [-0.25, -0.2) is 18.4 Å². The van der Waals surface area contributed by atoms with Crippen LogP contribution in [0.2, 0.25) is 0 Å². The third-order valence-corrected chi connectivity index (χ3v) is 7.94. The molecule has 30 heavy (non-hydrogen) atoms. The highest BCUT2D eigenvalue weighted by molar-refractivity contribution is 7.89. The van der Waals surface area contributed by atoms with E-state index in [1.807, 2.05) is 4.90 Å². The predicted molar refractivity (Wildman–Crippen MR) is 108 cm³/mol. The lowest BCUT2D eigenvalue weighted by molar-refractivity contribution is -0.137. The maximum absolute atomic E-state index is 13.0. The van der Waals surface area contributed by atoms with E-state index in [4.69, 9.17) is 4.52 Å². The van der Waals surface area contributed by atoms with Crippen molar-refractivity contribution >= 4 is 21.9 Å². The molecule has 2 fully saturated rings. The van der Waals surface area contributed by atoms with Gasteiger partial charge in [-0.1, -0.05) is 5.16 Å². The van der Waals surface area contributed by atoms with Gasteiger partial charge in [-0.05, 0) is 32.8 Å². The molecule has 0 unspecified atom stereocenters. The second-order valence-corrected chi connectivity index (χ2v) is 9.57. The van der Waals surface area contributed by atoms with Crippen molar-refractivity contribution in [3.63, 3.8) is 0 Å². The molecule has 0 radical (unpaired) electrons. The Kier molecular flexibility index (Phi) is 5.74. The largest absolute Gasteiger partial charge is 0.360 e. The first-order chi connectivity index (χ1) is 14.4. The summed E-state index contributed by atoms with van der Waals surface area (Å²) in [4.78, 5) is 25.6. The highest BCUT2D eigenvalue weighted by Crippen LogP contribution is 2.28. The summed E-state index contributed by atoms with van der Waals surface area (Å²) in [6, 6.07) is 1.78. The zero-order chi connectivity index (χ0) is 21.3. The molecule has 1 amide bonds. The van der Waals surface area contributed by atoms with E-state index in [1.165, 1.54) is 4.31 Å². The van der Waals surface area contributed by atoms with E-state index < -0.39 is 10.0 Å². The third-order valence-electron chi connectivity index (χ3n) is 5.80. The standard InChI is InChI=1S/C19H26N6O4S/c1-14-17(15(2)29-22-14)30(27,28)25-8-4-16(5-9-25)18(26)23-10-12-24(13-11-23)19-20-6-3-7-21-19/h3,6-7,16H,4-5,8-13H2,1-2H3. The summed E-state index contributed by atoms with van der Waals surface area (Å²) in [6.07, 6.45) is 4.46. The highest BCUT2D eigenvalue weighted by atomic mass is 32.2. The summed E-state index contributed by atoms with van der Waals surface area (Å²) in [5.74, 6) is 0.937. The van der Waals surface area contributed by atoms with Crippen LogP contribution in [-0.4, -0.2) is 77.9 Å². The number of piperazine rings is 1. The Hall–Kier alpha value is -2.53. The molecular formula is C19H26N6O4S. The highest BCUT2D eigenvalue weighted by Gasteiger charge is 2.37. The van der Waals surface area contributed by atoms with Crippen LogP contribution in [0.4, 0.5) is 5.95 Å². The van der Waals surface area contributed by atoms with E-state index in [0.717, 1.165) is 0 Å². The van der Waals surface area contributed by atoms with Crippen molar-refractivity contribution in [2.75, 3.05) is 44.2 Å². The normalized spacial score (nSPS) is 19.3. The maximum Gasteiger partial charge on any atom is 0.248 e. The number of hydrogen-bond donors (Lipinski definition) is 0. The minimum atomic E-state index is -3.66. The lowest BCUT2D eigenvalue weighted by Crippen LogP contribution is -2.52. The van der Waals surface area contributed by atoms with Crippen molar-refractivity contribution in [3.05, 3.63) is 29.9 Å². The average Bonchev–Trinajstić information content (AvgIpc) is 3.13. The predicted octanol–water partition coefficient (Wildman–Crippen LogP) is 0.831. The number of piperidine rings is 1. The zero-order valence-electron chi connectivity index (χ0n) is 17.2. The third kappa shape index (κ3) is 3.91. The number of amides is 1. The minimum absolute atomic E-state index is 0.109. The first kappa shape index (κ1) is 20.7. The molecule has 0 saturated carbocycles. The van der Waals surface area contributed by atoms with Crippen LogP contribution in [-0.2, 0) is 14.8 Å². The van der Waals surface area contributed by atoms with E-state index >= 15 is 0 Å². The number of nitrogens with zero attached hydrogens (tertiary/aromatic N) is 6. The molecule has 0 N–H and O–H groups in total. The van der Waals surface area contributed by atoms with Gasteiger partial charge in [0.15, 0.2) is 5.76 Å². The zero-order valence-corrected chi connectivity index (χ0v) is 18.0. The molecule has 2 saturated heterocycles. The molecule has 4 heterocycles. The minimum Gasteiger partial charge on any atom is -0.360 e. The second-order valence-electron chi connectivity index (χ2n) is 7.69. The van der Waals surface area contributed by atoms with Gasteiger partial charge in [0.25, 0.3) is 0 Å². The van der Waals surface area contributed by atoms with Crippen molar-refractivity contribution in [1.29, 1.82) is 0 Å². The molecule has 4 rings (SSSR count). The van der Waals surface area contributed by atoms with Gasteiger partial charge in [0, 0.05) is 57.6 Å². The topological polar surface area (TPSA) is 113 Å². The fraction of sp³-hybridized carbons (Fsp3) is 0.579. The number of rotatable bonds is 4. The van der Waals surface area contributed by atoms with Gasteiger partial charge in [-0.3, -0.25) is 4.79 Å². The number of sulfonamides is 1. The molecule has 10 nitrogen and oxygen atoms in total. The van der Waals surface area contributed by atoms with Crippen molar-refractivity contribution < 1.29 is 17.7 Å². The van der Waals surface area contributed by atoms with Crippen molar-refractivity contribution in [1.82, 2.24) is 24.3 Å². The number of aryl methyl sites for hydroxylation is 2. The summed E-state index contributed by atoms with van der Waals surface area (Å²) in [5.41, 5.74) is 0.367. The van der Waals surface area contributed by atoms with Crippen LogP contribution in [0.15, 0.2) is 27.9 Å². The van der Waals surface area contributed by atoms with Crippen molar-refractivity contribution in [3.8, 4) is 0 Å². The Morgan fingerprint density at radius 2 is 1.67 bits per heavy atom. The smallest absolute Gasteiger partial charge is 0.248 e. The summed E-state index contributed by atoms with van der Waals surface area (Å²) in [7, 11) is -3.66. The van der Waals surface area contributed by atoms with Crippen LogP contribution in [0.25, 0.3) is 0 Å². The van der Waals surface area contributed by atoms with Gasteiger partial charge in [-0.2, -0.15) is 4.31 Å². The average molecular weight is 435 g/mol. The molecular weight excluding hydrogens is 408 g/mol. The van der Waals surface area contributed by atoms with Crippen LogP contribution in [0.5, 0.6) is 0 Å². The molecule has 0 spiro atoms. The van der Waals surface area contributed by atoms with Crippen LogP contribution in [0.1, 0.15) is 24.3 Å². The van der Waals surface area contributed by atoms with Gasteiger partial charge in [0.1, 0.15) is 10.6 Å². The Balaban J connectivity index is 1.33. The first-order valence-corrected chi connectivity index (χ1v) is 11.6. The maximum atomic E-state index is 13.0. The second kappa shape index (κ2) is 8.31. The summed E-state index contributed by atoms with van der Waals surface area (Å²) in [6.45, 7) is 6.48. The molecule has 2 aromatic heterocycles. The number of anilines is 1. The fourth-order valence-corrected chi connectivity index (χ4v) is 5.92. The van der Waals surface area contributed by atoms with Crippen molar-refractivity contribution in [2.45, 2.75) is 31.6 Å². The van der Waals surface area contributed by atoms with Gasteiger partial charge < -0.3 is 14.3 Å². The molecule has 11 heteroatoms. The van der Waals surface area contributed by atoms with Gasteiger partial charge in [0.05, 0.1) is 0 Å². The molecule has 162 valence electrons.